The number of carbonyl (C=O) groups excluding carboxylic acids is 2. The van der Waals surface area contributed by atoms with Gasteiger partial charge in [0.05, 0.1) is 18.1 Å². The first kappa shape index (κ1) is 24.2. The molecule has 1 aromatic carbocycles. The Balaban J connectivity index is 0.00000341. The lowest BCUT2D eigenvalue weighted by Gasteiger charge is -2.37. The molecule has 1 saturated heterocycles. The van der Waals surface area contributed by atoms with Gasteiger partial charge in [0, 0.05) is 43.7 Å². The first-order valence-corrected chi connectivity index (χ1v) is 9.85. The molecule has 0 spiro atoms. The zero-order valence-electron chi connectivity index (χ0n) is 17.2. The van der Waals surface area contributed by atoms with Crippen LogP contribution < -0.4 is 5.32 Å². The van der Waals surface area contributed by atoms with E-state index < -0.39 is 11.6 Å². The molecule has 1 fully saturated rings. The summed E-state index contributed by atoms with van der Waals surface area (Å²) in [5, 5.41) is 2.68. The Bertz CT molecular complexity index is 892. The summed E-state index contributed by atoms with van der Waals surface area (Å²) >= 11 is 0. The molecule has 0 bridgehead atoms. The molecule has 0 radical (unpaired) electrons. The Kier molecular flexibility index (Phi) is 8.01. The van der Waals surface area contributed by atoms with Gasteiger partial charge in [0.2, 0.25) is 5.91 Å². The third kappa shape index (κ3) is 5.96. The lowest BCUT2D eigenvalue weighted by atomic mass is 10.0. The van der Waals surface area contributed by atoms with Crippen molar-refractivity contribution < 1.29 is 18.4 Å². The minimum atomic E-state index is -0.702. The maximum atomic E-state index is 13.4. The van der Waals surface area contributed by atoms with Gasteiger partial charge in [0.25, 0.3) is 0 Å². The number of likely N-dealkylation sites (tertiary alicyclic amines) is 1. The van der Waals surface area contributed by atoms with Crippen molar-refractivity contribution in [3.8, 4) is 11.3 Å². The molecule has 2 heterocycles. The highest BCUT2D eigenvalue weighted by Crippen LogP contribution is 2.21. The topological polar surface area (TPSA) is 78.4 Å². The summed E-state index contributed by atoms with van der Waals surface area (Å²) in [6.07, 6.45) is 4.10. The maximum Gasteiger partial charge on any atom is 0.323 e. The van der Waals surface area contributed by atoms with Gasteiger partial charge < -0.3 is 9.80 Å². The standard InChI is InChI=1S/C21H25F2N5O2.CH4/c1-13(2)20(29)28-6-4-17(5-7-28)27(3)21(30)26-19-12-24-18(11-25-19)14-8-15(22)10-16(23)9-14;/h8-13,17H,4-7H2,1-3H3,(H,25,26,30);1H4. The third-order valence-electron chi connectivity index (χ3n) is 5.18. The molecule has 168 valence electrons. The summed E-state index contributed by atoms with van der Waals surface area (Å²) in [4.78, 5) is 36.3. The fourth-order valence-electron chi connectivity index (χ4n) is 3.45. The molecular weight excluding hydrogens is 404 g/mol. The van der Waals surface area contributed by atoms with Gasteiger partial charge in [-0.3, -0.25) is 15.1 Å². The van der Waals surface area contributed by atoms with E-state index in [1.54, 1.807) is 11.9 Å². The summed E-state index contributed by atoms with van der Waals surface area (Å²) in [6, 6.07) is 2.79. The Hall–Kier alpha value is -3.10. The molecule has 1 N–H and O–H groups in total. The molecule has 1 aliphatic heterocycles. The number of rotatable bonds is 4. The predicted molar refractivity (Wildman–Crippen MR) is 115 cm³/mol. The lowest BCUT2D eigenvalue weighted by Crippen LogP contribution is -2.49. The van der Waals surface area contributed by atoms with Crippen molar-refractivity contribution in [2.75, 3.05) is 25.5 Å². The summed E-state index contributed by atoms with van der Waals surface area (Å²) in [6.45, 7) is 5.01. The van der Waals surface area contributed by atoms with E-state index in [9.17, 15) is 18.4 Å². The molecule has 3 rings (SSSR count). The van der Waals surface area contributed by atoms with E-state index in [1.807, 2.05) is 18.7 Å². The lowest BCUT2D eigenvalue weighted by molar-refractivity contribution is -0.135. The van der Waals surface area contributed by atoms with Crippen LogP contribution in [0.3, 0.4) is 0 Å². The van der Waals surface area contributed by atoms with E-state index in [0.29, 0.717) is 31.6 Å². The van der Waals surface area contributed by atoms with Crippen molar-refractivity contribution in [1.82, 2.24) is 19.8 Å². The number of carbonyl (C=O) groups is 2. The molecule has 1 aromatic heterocycles. The SMILES string of the molecule is C.CC(C)C(=O)N1CCC(N(C)C(=O)Nc2cnc(-c3cc(F)cc(F)c3)cn2)CC1. The Morgan fingerprint density at radius 2 is 1.71 bits per heavy atom. The highest BCUT2D eigenvalue weighted by Gasteiger charge is 2.28. The van der Waals surface area contributed by atoms with Crippen LogP contribution in [-0.2, 0) is 4.79 Å². The van der Waals surface area contributed by atoms with Crippen molar-refractivity contribution >= 4 is 17.8 Å². The second-order valence-electron chi connectivity index (χ2n) is 7.70. The molecule has 1 aliphatic rings. The number of nitrogens with one attached hydrogen (secondary N) is 1. The summed E-state index contributed by atoms with van der Waals surface area (Å²) < 4.78 is 26.7. The van der Waals surface area contributed by atoms with Crippen LogP contribution in [0, 0.1) is 17.6 Å². The van der Waals surface area contributed by atoms with Crippen LogP contribution >= 0.6 is 0 Å². The number of hydrogen-bond donors (Lipinski definition) is 1. The molecule has 0 atom stereocenters. The van der Waals surface area contributed by atoms with E-state index >= 15 is 0 Å². The van der Waals surface area contributed by atoms with Gasteiger partial charge in [-0.2, -0.15) is 0 Å². The summed E-state index contributed by atoms with van der Waals surface area (Å²) in [5.74, 6) is -1.07. The average Bonchev–Trinajstić information content (AvgIpc) is 2.72. The number of benzene rings is 1. The van der Waals surface area contributed by atoms with Crippen molar-refractivity contribution in [3.63, 3.8) is 0 Å². The molecule has 2 aromatic rings. The first-order chi connectivity index (χ1) is 14.2. The number of nitrogens with zero attached hydrogens (tertiary/aromatic N) is 4. The maximum absolute atomic E-state index is 13.4. The highest BCUT2D eigenvalue weighted by atomic mass is 19.1. The molecule has 0 aliphatic carbocycles. The molecule has 7 nitrogen and oxygen atoms in total. The number of halogens is 2. The minimum Gasteiger partial charge on any atom is -0.342 e. The summed E-state index contributed by atoms with van der Waals surface area (Å²) in [7, 11) is 1.71. The minimum absolute atomic E-state index is 0. The van der Waals surface area contributed by atoms with Gasteiger partial charge in [-0.15, -0.1) is 0 Å². The molecule has 0 unspecified atom stereocenters. The van der Waals surface area contributed by atoms with Gasteiger partial charge in [-0.25, -0.2) is 18.6 Å². The van der Waals surface area contributed by atoms with E-state index in [0.717, 1.165) is 18.2 Å². The molecule has 31 heavy (non-hydrogen) atoms. The van der Waals surface area contributed by atoms with E-state index in [-0.39, 0.29) is 42.7 Å². The molecule has 3 amide bonds. The van der Waals surface area contributed by atoms with Crippen LogP contribution in [0.1, 0.15) is 34.1 Å². The zero-order chi connectivity index (χ0) is 21.8. The van der Waals surface area contributed by atoms with Gasteiger partial charge >= 0.3 is 6.03 Å². The monoisotopic (exact) mass is 433 g/mol. The molecular formula is C22H29F2N5O2. The number of aromatic nitrogens is 2. The van der Waals surface area contributed by atoms with Gasteiger partial charge in [-0.05, 0) is 25.0 Å². The van der Waals surface area contributed by atoms with Crippen LogP contribution in [0.5, 0.6) is 0 Å². The van der Waals surface area contributed by atoms with Gasteiger partial charge in [-0.1, -0.05) is 21.3 Å². The van der Waals surface area contributed by atoms with Gasteiger partial charge in [0.15, 0.2) is 5.82 Å². The fourth-order valence-corrected chi connectivity index (χ4v) is 3.45. The smallest absolute Gasteiger partial charge is 0.323 e. The number of amides is 3. The second-order valence-corrected chi connectivity index (χ2v) is 7.70. The second kappa shape index (κ2) is 10.3. The van der Waals surface area contributed by atoms with E-state index in [4.69, 9.17) is 0 Å². The van der Waals surface area contributed by atoms with Crippen LogP contribution in [0.4, 0.5) is 19.4 Å². The van der Waals surface area contributed by atoms with E-state index in [1.165, 1.54) is 12.4 Å². The van der Waals surface area contributed by atoms with E-state index in [2.05, 4.69) is 15.3 Å². The number of hydrogen-bond acceptors (Lipinski definition) is 4. The Morgan fingerprint density at radius 1 is 1.10 bits per heavy atom. The van der Waals surface area contributed by atoms with Crippen molar-refractivity contribution in [2.24, 2.45) is 5.92 Å². The van der Waals surface area contributed by atoms with Crippen LogP contribution in [0.15, 0.2) is 30.6 Å². The Morgan fingerprint density at radius 3 is 2.23 bits per heavy atom. The average molecular weight is 434 g/mol. The molecule has 9 heteroatoms. The van der Waals surface area contributed by atoms with Crippen LogP contribution in [0.2, 0.25) is 0 Å². The summed E-state index contributed by atoms with van der Waals surface area (Å²) in [5.41, 5.74) is 0.555. The van der Waals surface area contributed by atoms with Crippen molar-refractivity contribution in [2.45, 2.75) is 40.2 Å². The number of anilines is 1. The van der Waals surface area contributed by atoms with Crippen molar-refractivity contribution in [1.29, 1.82) is 0 Å². The van der Waals surface area contributed by atoms with Crippen LogP contribution in [-0.4, -0.2) is 57.9 Å². The van der Waals surface area contributed by atoms with Crippen molar-refractivity contribution in [3.05, 3.63) is 42.2 Å². The van der Waals surface area contributed by atoms with Crippen LogP contribution in [0.25, 0.3) is 11.3 Å². The number of urea groups is 1. The quantitative estimate of drug-likeness (QED) is 0.785. The van der Waals surface area contributed by atoms with Gasteiger partial charge in [0.1, 0.15) is 11.6 Å². The largest absolute Gasteiger partial charge is 0.342 e. The zero-order valence-corrected chi connectivity index (χ0v) is 17.2. The first-order valence-electron chi connectivity index (χ1n) is 9.85. The molecule has 0 saturated carbocycles. The fraction of sp³-hybridized carbons (Fsp3) is 0.455. The Labute approximate surface area is 181 Å². The number of piperidine rings is 1. The highest BCUT2D eigenvalue weighted by molar-refractivity contribution is 5.88. The third-order valence-corrected chi connectivity index (χ3v) is 5.18. The normalized spacial score (nSPS) is 14.2. The predicted octanol–water partition coefficient (Wildman–Crippen LogP) is 4.17.